The molecule has 0 spiro atoms. The van der Waals surface area contributed by atoms with Crippen molar-refractivity contribution < 1.29 is 13.3 Å². The molecule has 26 heavy (non-hydrogen) atoms. The largest absolute Gasteiger partial charge is 0.284 e. The van der Waals surface area contributed by atoms with E-state index >= 15 is 0 Å². The highest BCUT2D eigenvalue weighted by Crippen LogP contribution is 2.43. The van der Waals surface area contributed by atoms with Crippen molar-refractivity contribution >= 4 is 48.8 Å². The van der Waals surface area contributed by atoms with Crippen molar-refractivity contribution in [2.24, 2.45) is 0 Å². The molecular formula is C16H13N3O4S3. The predicted octanol–water partition coefficient (Wildman–Crippen LogP) is 3.64. The normalized spacial score (nSPS) is 13.9. The van der Waals surface area contributed by atoms with Gasteiger partial charge in [-0.3, -0.25) is 10.1 Å². The molecule has 0 amide bonds. The molecule has 2 aromatic heterocycles. The van der Waals surface area contributed by atoms with E-state index in [0.717, 1.165) is 41.8 Å². The van der Waals surface area contributed by atoms with Crippen LogP contribution in [-0.2, 0) is 22.7 Å². The summed E-state index contributed by atoms with van der Waals surface area (Å²) in [7, 11) is -3.52. The first-order valence-electron chi connectivity index (χ1n) is 7.76. The van der Waals surface area contributed by atoms with Crippen molar-refractivity contribution in [3.8, 4) is 0 Å². The first kappa shape index (κ1) is 17.4. The molecule has 1 aliphatic carbocycles. The van der Waals surface area contributed by atoms with Crippen molar-refractivity contribution in [2.45, 2.75) is 34.1 Å². The Hall–Kier alpha value is -2.04. The van der Waals surface area contributed by atoms with E-state index in [-0.39, 0.29) is 10.6 Å². The topological polar surface area (TPSA) is 103 Å². The number of rotatable bonds is 4. The number of fused-ring (bicyclic) bond motifs is 3. The number of nitro groups is 1. The van der Waals surface area contributed by atoms with Crippen molar-refractivity contribution in [2.75, 3.05) is 6.26 Å². The highest BCUT2D eigenvalue weighted by molar-refractivity contribution is 7.99. The van der Waals surface area contributed by atoms with Gasteiger partial charge in [0.25, 0.3) is 5.69 Å². The van der Waals surface area contributed by atoms with Crippen molar-refractivity contribution in [1.29, 1.82) is 0 Å². The molecule has 134 valence electrons. The van der Waals surface area contributed by atoms with Gasteiger partial charge in [0.1, 0.15) is 16.2 Å². The van der Waals surface area contributed by atoms with Crippen LogP contribution < -0.4 is 0 Å². The monoisotopic (exact) mass is 407 g/mol. The van der Waals surface area contributed by atoms with E-state index in [1.54, 1.807) is 11.3 Å². The van der Waals surface area contributed by atoms with E-state index in [0.29, 0.717) is 9.92 Å². The van der Waals surface area contributed by atoms with Crippen LogP contribution in [0.1, 0.15) is 16.9 Å². The molecule has 0 fully saturated rings. The third-order valence-electron chi connectivity index (χ3n) is 4.23. The second-order valence-corrected chi connectivity index (χ2v) is 10.1. The van der Waals surface area contributed by atoms with Gasteiger partial charge in [0.05, 0.1) is 14.7 Å². The van der Waals surface area contributed by atoms with Gasteiger partial charge in [-0.15, -0.1) is 11.3 Å². The number of hydrogen-bond acceptors (Lipinski definition) is 8. The maximum Gasteiger partial charge on any atom is 0.284 e. The van der Waals surface area contributed by atoms with Gasteiger partial charge in [-0.05, 0) is 37.0 Å². The van der Waals surface area contributed by atoms with Gasteiger partial charge in [0, 0.05) is 22.6 Å². The summed E-state index contributed by atoms with van der Waals surface area (Å²) in [5.74, 6) is 0. The van der Waals surface area contributed by atoms with Crippen LogP contribution in [0.15, 0.2) is 39.3 Å². The molecule has 10 heteroatoms. The van der Waals surface area contributed by atoms with Crippen LogP contribution in [0.3, 0.4) is 0 Å². The maximum absolute atomic E-state index is 11.7. The van der Waals surface area contributed by atoms with Crippen LogP contribution in [0, 0.1) is 10.1 Å². The van der Waals surface area contributed by atoms with Gasteiger partial charge in [-0.25, -0.2) is 18.4 Å². The Morgan fingerprint density at radius 1 is 1.27 bits per heavy atom. The maximum atomic E-state index is 11.7. The molecule has 0 atom stereocenters. The van der Waals surface area contributed by atoms with E-state index in [4.69, 9.17) is 0 Å². The second-order valence-electron chi connectivity index (χ2n) is 5.98. The fourth-order valence-electron chi connectivity index (χ4n) is 3.04. The second kappa shape index (κ2) is 6.29. The summed E-state index contributed by atoms with van der Waals surface area (Å²) in [4.78, 5) is 22.1. The molecule has 0 bridgehead atoms. The van der Waals surface area contributed by atoms with Crippen molar-refractivity contribution in [3.05, 3.63) is 45.1 Å². The molecule has 0 radical (unpaired) electrons. The zero-order valence-corrected chi connectivity index (χ0v) is 16.1. The van der Waals surface area contributed by atoms with Crippen molar-refractivity contribution in [1.82, 2.24) is 9.97 Å². The average Bonchev–Trinajstić information content (AvgIpc) is 3.14. The lowest BCUT2D eigenvalue weighted by atomic mass is 10.2. The van der Waals surface area contributed by atoms with E-state index in [2.05, 4.69) is 9.97 Å². The summed E-state index contributed by atoms with van der Waals surface area (Å²) in [6.45, 7) is 0. The quantitative estimate of drug-likeness (QED) is 0.369. The van der Waals surface area contributed by atoms with E-state index in [9.17, 15) is 18.5 Å². The molecule has 0 unspecified atom stereocenters. The third kappa shape index (κ3) is 2.97. The molecule has 4 rings (SSSR count). The molecule has 2 heterocycles. The summed E-state index contributed by atoms with van der Waals surface area (Å²) >= 11 is 2.83. The Morgan fingerprint density at radius 3 is 2.81 bits per heavy atom. The number of sulfone groups is 1. The number of aromatic nitrogens is 2. The number of nitrogens with zero attached hydrogens (tertiary/aromatic N) is 3. The molecule has 0 saturated carbocycles. The molecular weight excluding hydrogens is 394 g/mol. The molecule has 3 aromatic rings. The Morgan fingerprint density at radius 2 is 2.08 bits per heavy atom. The van der Waals surface area contributed by atoms with Crippen LogP contribution in [0.2, 0.25) is 0 Å². The summed E-state index contributed by atoms with van der Waals surface area (Å²) in [5.41, 5.74) is 1.00. The zero-order chi connectivity index (χ0) is 18.5. The number of aryl methyl sites for hydroxylation is 2. The number of nitro benzene ring substituents is 1. The zero-order valence-electron chi connectivity index (χ0n) is 13.6. The minimum Gasteiger partial charge on any atom is -0.258 e. The Kier molecular flexibility index (Phi) is 4.20. The molecule has 7 nitrogen and oxygen atoms in total. The lowest BCUT2D eigenvalue weighted by molar-refractivity contribution is -0.388. The van der Waals surface area contributed by atoms with E-state index < -0.39 is 14.8 Å². The first-order chi connectivity index (χ1) is 12.3. The van der Waals surface area contributed by atoms with Gasteiger partial charge < -0.3 is 0 Å². The fourth-order valence-corrected chi connectivity index (χ4v) is 5.98. The first-order valence-corrected chi connectivity index (χ1v) is 11.3. The van der Waals surface area contributed by atoms with E-state index in [1.165, 1.54) is 40.7 Å². The van der Waals surface area contributed by atoms with Crippen LogP contribution in [0.5, 0.6) is 0 Å². The smallest absolute Gasteiger partial charge is 0.258 e. The van der Waals surface area contributed by atoms with Crippen LogP contribution in [0.25, 0.3) is 10.2 Å². The highest BCUT2D eigenvalue weighted by Gasteiger charge is 2.24. The summed E-state index contributed by atoms with van der Waals surface area (Å²) < 4.78 is 23.4. The average molecular weight is 407 g/mol. The van der Waals surface area contributed by atoms with Gasteiger partial charge in [-0.1, -0.05) is 11.8 Å². The van der Waals surface area contributed by atoms with Gasteiger partial charge in [0.2, 0.25) is 0 Å². The third-order valence-corrected chi connectivity index (χ3v) is 7.61. The summed E-state index contributed by atoms with van der Waals surface area (Å²) in [6, 6.07) is 3.97. The number of hydrogen-bond donors (Lipinski definition) is 0. The van der Waals surface area contributed by atoms with Gasteiger partial charge >= 0.3 is 0 Å². The number of benzene rings is 1. The van der Waals surface area contributed by atoms with Crippen molar-refractivity contribution in [3.63, 3.8) is 0 Å². The Bertz CT molecular complexity index is 1160. The molecule has 0 N–H and O–H groups in total. The minimum absolute atomic E-state index is 0.0715. The van der Waals surface area contributed by atoms with Crippen LogP contribution in [0.4, 0.5) is 5.69 Å². The molecule has 0 saturated heterocycles. The lowest BCUT2D eigenvalue weighted by Gasteiger charge is -2.06. The molecule has 0 aliphatic heterocycles. The Labute approximate surface area is 157 Å². The van der Waals surface area contributed by atoms with Crippen LogP contribution >= 0.6 is 23.1 Å². The summed E-state index contributed by atoms with van der Waals surface area (Å²) in [6.07, 6.45) is 5.59. The SMILES string of the molecule is CS(=O)(=O)c1ccc(Sc2ncnc3sc4c(c23)CCC4)c([N+](=O)[O-])c1. The molecule has 1 aliphatic rings. The fraction of sp³-hybridized carbons (Fsp3) is 0.250. The standard InChI is InChI=1S/C16H13N3O4S3/c1-26(22,23)9-5-6-13(11(7-9)19(20)21)25-16-14-10-3-2-4-12(10)24-15(14)17-8-18-16/h5-8H,2-4H2,1H3. The van der Waals surface area contributed by atoms with Gasteiger partial charge in [-0.2, -0.15) is 0 Å². The van der Waals surface area contributed by atoms with Crippen LogP contribution in [-0.4, -0.2) is 29.6 Å². The highest BCUT2D eigenvalue weighted by atomic mass is 32.2. The minimum atomic E-state index is -3.52. The lowest BCUT2D eigenvalue weighted by Crippen LogP contribution is -2.00. The summed E-state index contributed by atoms with van der Waals surface area (Å²) in [5, 5.41) is 13.1. The van der Waals surface area contributed by atoms with E-state index in [1.807, 2.05) is 0 Å². The number of thiophene rings is 1. The Balaban J connectivity index is 1.83. The van der Waals surface area contributed by atoms with Gasteiger partial charge in [0.15, 0.2) is 9.84 Å². The predicted molar refractivity (Wildman–Crippen MR) is 99.8 cm³/mol. The molecule has 1 aromatic carbocycles.